The first-order chi connectivity index (χ1) is 13.4. The molecule has 5 nitrogen and oxygen atoms in total. The lowest BCUT2D eigenvalue weighted by molar-refractivity contribution is 0.0905. The molecule has 6 heteroatoms. The van der Waals surface area contributed by atoms with Crippen LogP contribution in [0, 0.1) is 0 Å². The fourth-order valence-corrected chi connectivity index (χ4v) is 4.74. The maximum atomic E-state index is 12.8. The van der Waals surface area contributed by atoms with Crippen molar-refractivity contribution < 1.29 is 13.2 Å². The third-order valence-electron chi connectivity index (χ3n) is 5.23. The Labute approximate surface area is 167 Å². The average molecular weight is 401 g/mol. The van der Waals surface area contributed by atoms with Crippen LogP contribution in [0.3, 0.4) is 0 Å². The minimum absolute atomic E-state index is 0.0642. The summed E-state index contributed by atoms with van der Waals surface area (Å²) in [5.74, 6) is -0.304. The summed E-state index contributed by atoms with van der Waals surface area (Å²) in [6.45, 7) is 5.99. The van der Waals surface area contributed by atoms with Gasteiger partial charge in [0.05, 0.1) is 15.7 Å². The topological polar surface area (TPSA) is 66.5 Å². The number of carbonyl (C=O) groups excluding carboxylic acids is 1. The Bertz CT molecular complexity index is 902. The molecular weight excluding hydrogens is 372 g/mol. The van der Waals surface area contributed by atoms with Gasteiger partial charge in [0.2, 0.25) is 0 Å². The van der Waals surface area contributed by atoms with Crippen molar-refractivity contribution >= 4 is 15.7 Å². The van der Waals surface area contributed by atoms with Crippen LogP contribution in [0.1, 0.15) is 42.6 Å². The van der Waals surface area contributed by atoms with Crippen LogP contribution in [0.2, 0.25) is 0 Å². The summed E-state index contributed by atoms with van der Waals surface area (Å²) in [4.78, 5) is 15.3. The summed E-state index contributed by atoms with van der Waals surface area (Å²) in [7, 11) is -3.51. The molecule has 1 aliphatic heterocycles. The molecule has 150 valence electrons. The highest BCUT2D eigenvalue weighted by Crippen LogP contribution is 2.21. The SMILES string of the molecule is CC(C)S(=O)(=O)c1ccccc1C(=O)NC1CCN(Cc2ccccc2)CC1. The van der Waals surface area contributed by atoms with E-state index in [1.807, 2.05) is 18.2 Å². The summed E-state index contributed by atoms with van der Waals surface area (Å²) < 4.78 is 25.2. The van der Waals surface area contributed by atoms with E-state index in [1.165, 1.54) is 11.6 Å². The van der Waals surface area contributed by atoms with Crippen LogP contribution in [0.25, 0.3) is 0 Å². The molecule has 0 spiro atoms. The van der Waals surface area contributed by atoms with E-state index in [2.05, 4.69) is 22.3 Å². The molecule has 0 radical (unpaired) electrons. The number of sulfone groups is 1. The smallest absolute Gasteiger partial charge is 0.252 e. The van der Waals surface area contributed by atoms with Gasteiger partial charge in [0, 0.05) is 25.7 Å². The van der Waals surface area contributed by atoms with Crippen molar-refractivity contribution in [2.75, 3.05) is 13.1 Å². The quantitative estimate of drug-likeness (QED) is 0.808. The predicted molar refractivity (Wildman–Crippen MR) is 111 cm³/mol. The van der Waals surface area contributed by atoms with Gasteiger partial charge in [-0.15, -0.1) is 0 Å². The number of nitrogens with one attached hydrogen (secondary N) is 1. The van der Waals surface area contributed by atoms with Crippen molar-refractivity contribution in [2.45, 2.75) is 49.4 Å². The zero-order chi connectivity index (χ0) is 20.1. The minimum atomic E-state index is -3.51. The lowest BCUT2D eigenvalue weighted by Crippen LogP contribution is -2.44. The Balaban J connectivity index is 1.61. The van der Waals surface area contributed by atoms with Crippen molar-refractivity contribution in [3.8, 4) is 0 Å². The van der Waals surface area contributed by atoms with Gasteiger partial charge in [-0.3, -0.25) is 9.69 Å². The molecule has 1 fully saturated rings. The minimum Gasteiger partial charge on any atom is -0.349 e. The summed E-state index contributed by atoms with van der Waals surface area (Å²) in [5.41, 5.74) is 1.53. The van der Waals surface area contributed by atoms with Crippen LogP contribution in [-0.4, -0.2) is 43.6 Å². The van der Waals surface area contributed by atoms with Crippen LogP contribution < -0.4 is 5.32 Å². The Morgan fingerprint density at radius 1 is 1.04 bits per heavy atom. The second kappa shape index (κ2) is 8.88. The lowest BCUT2D eigenvalue weighted by atomic mass is 10.0. The fourth-order valence-electron chi connectivity index (χ4n) is 3.50. The summed E-state index contributed by atoms with van der Waals surface area (Å²) >= 11 is 0. The molecule has 1 aliphatic rings. The molecule has 2 aromatic carbocycles. The summed E-state index contributed by atoms with van der Waals surface area (Å²) in [6.07, 6.45) is 1.72. The van der Waals surface area contributed by atoms with E-state index >= 15 is 0 Å². The molecule has 0 bridgehead atoms. The standard InChI is InChI=1S/C22H28N2O3S/c1-17(2)28(26,27)21-11-7-6-10-20(21)22(25)23-19-12-14-24(15-13-19)16-18-8-4-3-5-9-18/h3-11,17,19H,12-16H2,1-2H3,(H,23,25). The maximum Gasteiger partial charge on any atom is 0.252 e. The highest BCUT2D eigenvalue weighted by Gasteiger charge is 2.27. The third-order valence-corrected chi connectivity index (χ3v) is 7.44. The Hall–Kier alpha value is -2.18. The molecule has 0 atom stereocenters. The molecule has 28 heavy (non-hydrogen) atoms. The first-order valence-corrected chi connectivity index (χ1v) is 11.3. The van der Waals surface area contributed by atoms with E-state index in [9.17, 15) is 13.2 Å². The Morgan fingerprint density at radius 3 is 2.29 bits per heavy atom. The Morgan fingerprint density at radius 2 is 1.64 bits per heavy atom. The number of carbonyl (C=O) groups is 1. The van der Waals surface area contributed by atoms with Crippen molar-refractivity contribution in [3.63, 3.8) is 0 Å². The molecule has 0 aliphatic carbocycles. The monoisotopic (exact) mass is 400 g/mol. The fraction of sp³-hybridized carbons (Fsp3) is 0.409. The van der Waals surface area contributed by atoms with Gasteiger partial charge in [-0.05, 0) is 44.4 Å². The predicted octanol–water partition coefficient (Wildman–Crippen LogP) is 3.26. The van der Waals surface area contributed by atoms with Crippen LogP contribution in [-0.2, 0) is 16.4 Å². The molecule has 1 amide bonds. The summed E-state index contributed by atoms with van der Waals surface area (Å²) in [6, 6.07) is 16.9. The number of benzene rings is 2. The third kappa shape index (κ3) is 4.80. The van der Waals surface area contributed by atoms with E-state index in [-0.39, 0.29) is 22.4 Å². The number of amides is 1. The van der Waals surface area contributed by atoms with E-state index < -0.39 is 15.1 Å². The highest BCUT2D eigenvalue weighted by atomic mass is 32.2. The van der Waals surface area contributed by atoms with E-state index in [0.717, 1.165) is 32.5 Å². The normalized spacial score (nSPS) is 16.2. The number of piperidine rings is 1. The van der Waals surface area contributed by atoms with Crippen LogP contribution in [0.15, 0.2) is 59.5 Å². The van der Waals surface area contributed by atoms with Crippen molar-refractivity contribution in [2.24, 2.45) is 0 Å². The van der Waals surface area contributed by atoms with Crippen molar-refractivity contribution in [1.82, 2.24) is 10.2 Å². The maximum absolute atomic E-state index is 12.8. The lowest BCUT2D eigenvalue weighted by Gasteiger charge is -2.32. The van der Waals surface area contributed by atoms with Gasteiger partial charge in [0.1, 0.15) is 0 Å². The van der Waals surface area contributed by atoms with Crippen molar-refractivity contribution in [1.29, 1.82) is 0 Å². The number of nitrogens with zero attached hydrogens (tertiary/aromatic N) is 1. The molecule has 1 heterocycles. The first kappa shape index (κ1) is 20.6. The van der Waals surface area contributed by atoms with Crippen LogP contribution >= 0.6 is 0 Å². The molecular formula is C22H28N2O3S. The van der Waals surface area contributed by atoms with Gasteiger partial charge in [-0.2, -0.15) is 0 Å². The largest absolute Gasteiger partial charge is 0.349 e. The number of rotatable bonds is 6. The molecule has 0 saturated carbocycles. The van der Waals surface area contributed by atoms with Gasteiger partial charge < -0.3 is 5.32 Å². The van der Waals surface area contributed by atoms with Gasteiger partial charge in [-0.1, -0.05) is 42.5 Å². The second-order valence-electron chi connectivity index (χ2n) is 7.60. The molecule has 0 unspecified atom stereocenters. The van der Waals surface area contributed by atoms with E-state index in [4.69, 9.17) is 0 Å². The highest BCUT2D eigenvalue weighted by molar-refractivity contribution is 7.92. The van der Waals surface area contributed by atoms with Gasteiger partial charge in [0.15, 0.2) is 9.84 Å². The molecule has 3 rings (SSSR count). The van der Waals surface area contributed by atoms with Crippen molar-refractivity contribution in [3.05, 3.63) is 65.7 Å². The average Bonchev–Trinajstić information content (AvgIpc) is 2.70. The number of likely N-dealkylation sites (tertiary alicyclic amines) is 1. The Kier molecular flexibility index (Phi) is 6.52. The zero-order valence-electron chi connectivity index (χ0n) is 16.5. The zero-order valence-corrected chi connectivity index (χ0v) is 17.3. The molecule has 1 N–H and O–H groups in total. The van der Waals surface area contributed by atoms with Gasteiger partial charge in [-0.25, -0.2) is 8.42 Å². The van der Waals surface area contributed by atoms with E-state index in [0.29, 0.717) is 0 Å². The molecule has 0 aromatic heterocycles. The van der Waals surface area contributed by atoms with Crippen LogP contribution in [0.5, 0.6) is 0 Å². The molecule has 2 aromatic rings. The van der Waals surface area contributed by atoms with Gasteiger partial charge in [0.25, 0.3) is 5.91 Å². The number of hydrogen-bond donors (Lipinski definition) is 1. The van der Waals surface area contributed by atoms with E-state index in [1.54, 1.807) is 32.0 Å². The second-order valence-corrected chi connectivity index (χ2v) is 10.1. The van der Waals surface area contributed by atoms with Gasteiger partial charge >= 0.3 is 0 Å². The first-order valence-electron chi connectivity index (χ1n) is 9.78. The summed E-state index contributed by atoms with van der Waals surface area (Å²) in [5, 5.41) is 2.47. The number of hydrogen-bond acceptors (Lipinski definition) is 4. The van der Waals surface area contributed by atoms with Crippen LogP contribution in [0.4, 0.5) is 0 Å². The molecule has 1 saturated heterocycles.